The van der Waals surface area contributed by atoms with Gasteiger partial charge in [0.2, 0.25) is 0 Å². The minimum Gasteiger partial charge on any atom is -0.480 e. The molecular weight excluding hydrogens is 208 g/mol. The zero-order chi connectivity index (χ0) is 12.1. The van der Waals surface area contributed by atoms with Crippen LogP contribution in [0.25, 0.3) is 0 Å². The van der Waals surface area contributed by atoms with Crippen LogP contribution < -0.4 is 0 Å². The van der Waals surface area contributed by atoms with Crippen LogP contribution in [0.15, 0.2) is 18.3 Å². The molecule has 5 nitrogen and oxygen atoms in total. The maximum absolute atomic E-state index is 11.9. The van der Waals surface area contributed by atoms with Crippen molar-refractivity contribution in [2.24, 2.45) is 0 Å². The molecule has 5 heteroatoms. The van der Waals surface area contributed by atoms with E-state index in [4.69, 9.17) is 5.11 Å². The summed E-state index contributed by atoms with van der Waals surface area (Å²) in [6.45, 7) is 1.60. The van der Waals surface area contributed by atoms with E-state index in [9.17, 15) is 9.59 Å². The molecule has 0 unspecified atom stereocenters. The van der Waals surface area contributed by atoms with Gasteiger partial charge in [-0.3, -0.25) is 14.6 Å². The number of hydrogen-bond acceptors (Lipinski definition) is 3. The van der Waals surface area contributed by atoms with Gasteiger partial charge in [0.05, 0.1) is 0 Å². The van der Waals surface area contributed by atoms with Gasteiger partial charge in [0.15, 0.2) is 0 Å². The fraction of sp³-hybridized carbons (Fsp3) is 0.364. The number of aromatic nitrogens is 1. The number of pyridine rings is 1. The Hall–Kier alpha value is -1.91. The Kier molecular flexibility index (Phi) is 3.99. The summed E-state index contributed by atoms with van der Waals surface area (Å²) in [5.41, 5.74) is 1.15. The molecule has 0 aliphatic heterocycles. The van der Waals surface area contributed by atoms with Crippen molar-refractivity contribution in [1.29, 1.82) is 0 Å². The molecule has 1 heterocycles. The molecule has 0 atom stereocenters. The van der Waals surface area contributed by atoms with Gasteiger partial charge in [-0.15, -0.1) is 0 Å². The second-order valence-electron chi connectivity index (χ2n) is 3.42. The topological polar surface area (TPSA) is 70.5 Å². The van der Waals surface area contributed by atoms with E-state index in [0.717, 1.165) is 10.5 Å². The van der Waals surface area contributed by atoms with Crippen molar-refractivity contribution in [3.63, 3.8) is 0 Å². The molecule has 0 aromatic carbocycles. The molecular formula is C11H14N2O3. The molecule has 0 aliphatic rings. The third kappa shape index (κ3) is 2.79. The van der Waals surface area contributed by atoms with Gasteiger partial charge in [-0.25, -0.2) is 0 Å². The summed E-state index contributed by atoms with van der Waals surface area (Å²) in [5, 5.41) is 8.59. The molecule has 1 N–H and O–H groups in total. The summed E-state index contributed by atoms with van der Waals surface area (Å²) in [5.74, 6) is -1.40. The Morgan fingerprint density at radius 1 is 1.50 bits per heavy atom. The van der Waals surface area contributed by atoms with E-state index in [-0.39, 0.29) is 12.5 Å². The first-order valence-corrected chi connectivity index (χ1v) is 4.97. The lowest BCUT2D eigenvalue weighted by Gasteiger charge is -2.15. The zero-order valence-corrected chi connectivity index (χ0v) is 9.30. The van der Waals surface area contributed by atoms with Crippen LogP contribution in [0.1, 0.15) is 23.0 Å². The molecule has 0 bridgehead atoms. The van der Waals surface area contributed by atoms with Gasteiger partial charge in [-0.1, -0.05) is 13.0 Å². The number of carbonyl (C=O) groups is 2. The SMILES string of the molecule is CCc1cccnc1C(=O)N(C)CC(=O)O. The predicted molar refractivity (Wildman–Crippen MR) is 58.2 cm³/mol. The van der Waals surface area contributed by atoms with Gasteiger partial charge < -0.3 is 10.0 Å². The molecule has 1 rings (SSSR count). The number of aryl methyl sites for hydroxylation is 1. The van der Waals surface area contributed by atoms with Crippen molar-refractivity contribution in [2.45, 2.75) is 13.3 Å². The number of aliphatic carboxylic acids is 1. The first-order valence-electron chi connectivity index (χ1n) is 4.97. The van der Waals surface area contributed by atoms with E-state index in [2.05, 4.69) is 4.98 Å². The van der Waals surface area contributed by atoms with Gasteiger partial charge in [0.25, 0.3) is 5.91 Å². The predicted octanol–water partition coefficient (Wildman–Crippen LogP) is 0.801. The number of nitrogens with zero attached hydrogens (tertiary/aromatic N) is 2. The van der Waals surface area contributed by atoms with Crippen LogP contribution in [0.5, 0.6) is 0 Å². The number of amides is 1. The summed E-state index contributed by atoms with van der Waals surface area (Å²) >= 11 is 0. The van der Waals surface area contributed by atoms with Crippen LogP contribution in [0.3, 0.4) is 0 Å². The maximum Gasteiger partial charge on any atom is 0.323 e. The van der Waals surface area contributed by atoms with Gasteiger partial charge in [-0.2, -0.15) is 0 Å². The molecule has 1 aromatic heterocycles. The number of rotatable bonds is 4. The van der Waals surface area contributed by atoms with Crippen molar-refractivity contribution in [3.05, 3.63) is 29.6 Å². The van der Waals surface area contributed by atoms with Crippen molar-refractivity contribution in [1.82, 2.24) is 9.88 Å². The molecule has 0 radical (unpaired) electrons. The lowest BCUT2D eigenvalue weighted by molar-refractivity contribution is -0.137. The van der Waals surface area contributed by atoms with E-state index in [0.29, 0.717) is 12.1 Å². The molecule has 0 aliphatic carbocycles. The molecule has 16 heavy (non-hydrogen) atoms. The monoisotopic (exact) mass is 222 g/mol. The van der Waals surface area contributed by atoms with E-state index < -0.39 is 5.97 Å². The normalized spacial score (nSPS) is 9.88. The highest BCUT2D eigenvalue weighted by molar-refractivity contribution is 5.95. The van der Waals surface area contributed by atoms with Crippen LogP contribution in [0, 0.1) is 0 Å². The fourth-order valence-electron chi connectivity index (χ4n) is 1.37. The Labute approximate surface area is 93.7 Å². The third-order valence-electron chi connectivity index (χ3n) is 2.19. The van der Waals surface area contributed by atoms with Gasteiger partial charge in [-0.05, 0) is 18.1 Å². The highest BCUT2D eigenvalue weighted by Gasteiger charge is 2.17. The Balaban J connectivity index is 2.91. The van der Waals surface area contributed by atoms with Crippen LogP contribution in [0.4, 0.5) is 0 Å². The summed E-state index contributed by atoms with van der Waals surface area (Å²) in [7, 11) is 1.45. The lowest BCUT2D eigenvalue weighted by Crippen LogP contribution is -2.33. The molecule has 0 fully saturated rings. The van der Waals surface area contributed by atoms with Crippen molar-refractivity contribution in [3.8, 4) is 0 Å². The van der Waals surface area contributed by atoms with Crippen molar-refractivity contribution >= 4 is 11.9 Å². The number of carboxylic acids is 1. The molecule has 0 saturated carbocycles. The van der Waals surface area contributed by atoms with Gasteiger partial charge >= 0.3 is 5.97 Å². The minimum atomic E-state index is -1.04. The third-order valence-corrected chi connectivity index (χ3v) is 2.19. The van der Waals surface area contributed by atoms with E-state index in [1.54, 1.807) is 6.07 Å². The lowest BCUT2D eigenvalue weighted by atomic mass is 10.1. The Bertz CT molecular complexity index is 404. The summed E-state index contributed by atoms with van der Waals surface area (Å²) < 4.78 is 0. The van der Waals surface area contributed by atoms with Gasteiger partial charge in [0, 0.05) is 13.2 Å². The molecule has 86 valence electrons. The number of hydrogen-bond donors (Lipinski definition) is 1. The summed E-state index contributed by atoms with van der Waals surface area (Å²) in [6.07, 6.45) is 2.22. The number of likely N-dealkylation sites (N-methyl/N-ethyl adjacent to an activating group) is 1. The van der Waals surface area contributed by atoms with Crippen LogP contribution >= 0.6 is 0 Å². The smallest absolute Gasteiger partial charge is 0.323 e. The van der Waals surface area contributed by atoms with E-state index in [1.807, 2.05) is 13.0 Å². The Morgan fingerprint density at radius 2 is 2.19 bits per heavy atom. The maximum atomic E-state index is 11.9. The number of carbonyl (C=O) groups excluding carboxylic acids is 1. The fourth-order valence-corrected chi connectivity index (χ4v) is 1.37. The van der Waals surface area contributed by atoms with Crippen molar-refractivity contribution in [2.75, 3.05) is 13.6 Å². The van der Waals surface area contributed by atoms with Gasteiger partial charge in [0.1, 0.15) is 12.2 Å². The number of carboxylic acid groups (broad SMARTS) is 1. The molecule has 1 aromatic rings. The van der Waals surface area contributed by atoms with Crippen LogP contribution in [-0.2, 0) is 11.2 Å². The zero-order valence-electron chi connectivity index (χ0n) is 9.30. The average Bonchev–Trinajstić information content (AvgIpc) is 2.27. The second-order valence-corrected chi connectivity index (χ2v) is 3.42. The van der Waals surface area contributed by atoms with E-state index in [1.165, 1.54) is 13.2 Å². The first kappa shape index (κ1) is 12.2. The molecule has 0 spiro atoms. The average molecular weight is 222 g/mol. The second kappa shape index (κ2) is 5.25. The quantitative estimate of drug-likeness (QED) is 0.818. The highest BCUT2D eigenvalue weighted by Crippen LogP contribution is 2.08. The minimum absolute atomic E-state index is 0.321. The Morgan fingerprint density at radius 3 is 2.75 bits per heavy atom. The largest absolute Gasteiger partial charge is 0.480 e. The highest BCUT2D eigenvalue weighted by atomic mass is 16.4. The summed E-state index contributed by atoms with van der Waals surface area (Å²) in [4.78, 5) is 27.5. The molecule has 0 saturated heterocycles. The first-order chi connectivity index (χ1) is 7.56. The van der Waals surface area contributed by atoms with Crippen LogP contribution in [-0.4, -0.2) is 40.5 Å². The van der Waals surface area contributed by atoms with Crippen molar-refractivity contribution < 1.29 is 14.7 Å². The van der Waals surface area contributed by atoms with Crippen LogP contribution in [0.2, 0.25) is 0 Å². The summed E-state index contributed by atoms with van der Waals surface area (Å²) in [6, 6.07) is 3.57. The van der Waals surface area contributed by atoms with E-state index >= 15 is 0 Å². The standard InChI is InChI=1S/C11H14N2O3/c1-3-8-5-4-6-12-10(8)11(16)13(2)7-9(14)15/h4-6H,3,7H2,1-2H3,(H,14,15). The molecule has 1 amide bonds.